The summed E-state index contributed by atoms with van der Waals surface area (Å²) >= 11 is 0. The summed E-state index contributed by atoms with van der Waals surface area (Å²) in [7, 11) is 0. The minimum Gasteiger partial charge on any atom is -0.454 e. The number of carbonyl (C=O) groups excluding carboxylic acids is 2. The maximum absolute atomic E-state index is 12.3. The Labute approximate surface area is 161 Å². The largest absolute Gasteiger partial charge is 0.454 e. The number of esters is 1. The van der Waals surface area contributed by atoms with Crippen LogP contribution in [0.25, 0.3) is 10.9 Å². The predicted molar refractivity (Wildman–Crippen MR) is 101 cm³/mol. The maximum Gasteiger partial charge on any atom is 0.357 e. The number of ether oxygens (including phenoxy) is 3. The van der Waals surface area contributed by atoms with Crippen LogP contribution in [0.5, 0.6) is 11.5 Å². The molecule has 0 saturated heterocycles. The summed E-state index contributed by atoms with van der Waals surface area (Å²) in [5.41, 5.74) is 1.71. The summed E-state index contributed by atoms with van der Waals surface area (Å²) in [4.78, 5) is 28.9. The van der Waals surface area contributed by atoms with Crippen molar-refractivity contribution < 1.29 is 23.8 Å². The number of nitrogens with zero attached hydrogens (tertiary/aromatic N) is 1. The Bertz CT molecular complexity index is 1050. The van der Waals surface area contributed by atoms with Crippen molar-refractivity contribution in [1.82, 2.24) is 10.3 Å². The molecule has 0 spiro atoms. The van der Waals surface area contributed by atoms with Crippen LogP contribution in [0.1, 0.15) is 23.0 Å². The van der Waals surface area contributed by atoms with Crippen LogP contribution in [-0.2, 0) is 16.1 Å². The molecule has 0 saturated carbocycles. The summed E-state index contributed by atoms with van der Waals surface area (Å²) in [5, 5.41) is 3.67. The SMILES string of the molecule is CC(OC(=O)c1ccc2ccccc2n1)C(=O)NCc1ccc2c(c1)OCO2. The highest BCUT2D eigenvalue weighted by Crippen LogP contribution is 2.32. The van der Waals surface area contributed by atoms with Gasteiger partial charge in [-0.25, -0.2) is 9.78 Å². The molecule has 0 fully saturated rings. The fraction of sp³-hybridized carbons (Fsp3) is 0.190. The van der Waals surface area contributed by atoms with Gasteiger partial charge in [0.15, 0.2) is 17.6 Å². The van der Waals surface area contributed by atoms with Gasteiger partial charge in [-0.1, -0.05) is 30.3 Å². The number of aromatic nitrogens is 1. The van der Waals surface area contributed by atoms with Crippen LogP contribution >= 0.6 is 0 Å². The van der Waals surface area contributed by atoms with Crippen LogP contribution in [0.2, 0.25) is 0 Å². The van der Waals surface area contributed by atoms with Crippen molar-refractivity contribution in [3.05, 3.63) is 65.9 Å². The molecule has 0 bridgehead atoms. The average molecular weight is 378 g/mol. The van der Waals surface area contributed by atoms with Crippen LogP contribution in [0.4, 0.5) is 0 Å². The van der Waals surface area contributed by atoms with Gasteiger partial charge in [0.1, 0.15) is 5.69 Å². The zero-order chi connectivity index (χ0) is 19.5. The van der Waals surface area contributed by atoms with E-state index >= 15 is 0 Å². The second-order valence-electron chi connectivity index (χ2n) is 6.34. The molecule has 2 aromatic carbocycles. The van der Waals surface area contributed by atoms with Crippen molar-refractivity contribution in [3.63, 3.8) is 0 Å². The molecular weight excluding hydrogens is 360 g/mol. The molecule has 142 valence electrons. The molecule has 7 heteroatoms. The summed E-state index contributed by atoms with van der Waals surface area (Å²) in [6.07, 6.45) is -0.949. The van der Waals surface area contributed by atoms with E-state index in [1.165, 1.54) is 6.92 Å². The lowest BCUT2D eigenvalue weighted by molar-refractivity contribution is -0.129. The van der Waals surface area contributed by atoms with Gasteiger partial charge in [0, 0.05) is 11.9 Å². The van der Waals surface area contributed by atoms with Gasteiger partial charge >= 0.3 is 5.97 Å². The van der Waals surface area contributed by atoms with Crippen LogP contribution in [-0.4, -0.2) is 29.8 Å². The molecule has 7 nitrogen and oxygen atoms in total. The first-order valence-electron chi connectivity index (χ1n) is 8.83. The van der Waals surface area contributed by atoms with Gasteiger partial charge in [-0.3, -0.25) is 4.79 Å². The minimum atomic E-state index is -0.949. The van der Waals surface area contributed by atoms with E-state index in [1.54, 1.807) is 24.3 Å². The van der Waals surface area contributed by atoms with Crippen LogP contribution < -0.4 is 14.8 Å². The summed E-state index contributed by atoms with van der Waals surface area (Å²) in [5.74, 6) is 0.289. The highest BCUT2D eigenvalue weighted by molar-refractivity contribution is 5.93. The van der Waals surface area contributed by atoms with E-state index in [0.717, 1.165) is 10.9 Å². The molecule has 28 heavy (non-hydrogen) atoms. The van der Waals surface area contributed by atoms with E-state index in [1.807, 2.05) is 30.3 Å². The van der Waals surface area contributed by atoms with E-state index in [4.69, 9.17) is 14.2 Å². The van der Waals surface area contributed by atoms with E-state index in [0.29, 0.717) is 17.0 Å². The molecule has 1 unspecified atom stereocenters. The average Bonchev–Trinajstić information content (AvgIpc) is 3.19. The van der Waals surface area contributed by atoms with E-state index in [2.05, 4.69) is 10.3 Å². The fourth-order valence-electron chi connectivity index (χ4n) is 2.84. The summed E-state index contributed by atoms with van der Waals surface area (Å²) in [6.45, 7) is 2.00. The van der Waals surface area contributed by atoms with E-state index in [9.17, 15) is 9.59 Å². The third kappa shape index (κ3) is 3.73. The standard InChI is InChI=1S/C21H18N2O5/c1-13(20(24)22-11-14-6-9-18-19(10-14)27-12-26-18)28-21(25)17-8-7-15-4-2-3-5-16(15)23-17/h2-10,13H,11-12H2,1H3,(H,22,24). The molecule has 1 aliphatic rings. The lowest BCUT2D eigenvalue weighted by atomic mass is 10.2. The number of hydrogen-bond donors (Lipinski definition) is 1. The maximum atomic E-state index is 12.3. The van der Waals surface area contributed by atoms with Gasteiger partial charge in [-0.05, 0) is 36.8 Å². The number of fused-ring (bicyclic) bond motifs is 2. The smallest absolute Gasteiger partial charge is 0.357 e. The van der Waals surface area contributed by atoms with Crippen LogP contribution in [0.3, 0.4) is 0 Å². The van der Waals surface area contributed by atoms with Crippen molar-refractivity contribution in [3.8, 4) is 11.5 Å². The van der Waals surface area contributed by atoms with Crippen molar-refractivity contribution in [2.24, 2.45) is 0 Å². The van der Waals surface area contributed by atoms with Crippen molar-refractivity contribution >= 4 is 22.8 Å². The topological polar surface area (TPSA) is 86.8 Å². The minimum absolute atomic E-state index is 0.161. The second kappa shape index (κ2) is 7.56. The second-order valence-corrected chi connectivity index (χ2v) is 6.34. The number of para-hydroxylation sites is 1. The van der Waals surface area contributed by atoms with Gasteiger partial charge in [0.2, 0.25) is 6.79 Å². The van der Waals surface area contributed by atoms with E-state index < -0.39 is 18.0 Å². The number of benzene rings is 2. The molecule has 1 aliphatic heterocycles. The third-order valence-electron chi connectivity index (χ3n) is 4.36. The highest BCUT2D eigenvalue weighted by Gasteiger charge is 2.20. The Balaban J connectivity index is 1.35. The molecular formula is C21H18N2O5. The molecule has 2 heterocycles. The van der Waals surface area contributed by atoms with Crippen LogP contribution in [0, 0.1) is 0 Å². The third-order valence-corrected chi connectivity index (χ3v) is 4.36. The van der Waals surface area contributed by atoms with Crippen molar-refractivity contribution in [2.45, 2.75) is 19.6 Å². The molecule has 0 radical (unpaired) electrons. The highest BCUT2D eigenvalue weighted by atomic mass is 16.7. The predicted octanol–water partition coefficient (Wildman–Crippen LogP) is 2.83. The van der Waals surface area contributed by atoms with Crippen molar-refractivity contribution in [1.29, 1.82) is 0 Å². The number of hydrogen-bond acceptors (Lipinski definition) is 6. The number of carbonyl (C=O) groups is 2. The number of amides is 1. The zero-order valence-electron chi connectivity index (χ0n) is 15.2. The number of rotatable bonds is 5. The lowest BCUT2D eigenvalue weighted by Gasteiger charge is -2.13. The zero-order valence-corrected chi connectivity index (χ0v) is 15.2. The fourth-order valence-corrected chi connectivity index (χ4v) is 2.84. The Morgan fingerprint density at radius 2 is 1.93 bits per heavy atom. The Morgan fingerprint density at radius 3 is 2.82 bits per heavy atom. The molecule has 1 atom stereocenters. The van der Waals surface area contributed by atoms with Gasteiger partial charge in [0.25, 0.3) is 5.91 Å². The molecule has 1 amide bonds. The summed E-state index contributed by atoms with van der Waals surface area (Å²) < 4.78 is 15.8. The first-order chi connectivity index (χ1) is 13.6. The van der Waals surface area contributed by atoms with Gasteiger partial charge in [-0.15, -0.1) is 0 Å². The molecule has 3 aromatic rings. The molecule has 0 aliphatic carbocycles. The van der Waals surface area contributed by atoms with Crippen LogP contribution in [0.15, 0.2) is 54.6 Å². The monoisotopic (exact) mass is 378 g/mol. The Kier molecular flexibility index (Phi) is 4.80. The number of pyridine rings is 1. The normalized spacial score (nSPS) is 13.2. The molecule has 1 aromatic heterocycles. The summed E-state index contributed by atoms with van der Waals surface area (Å²) in [6, 6.07) is 16.3. The first kappa shape index (κ1) is 17.8. The Hall–Kier alpha value is -3.61. The number of nitrogens with one attached hydrogen (secondary N) is 1. The Morgan fingerprint density at radius 1 is 1.11 bits per heavy atom. The van der Waals surface area contributed by atoms with Gasteiger partial charge in [-0.2, -0.15) is 0 Å². The quantitative estimate of drug-likeness (QED) is 0.687. The molecule has 1 N–H and O–H groups in total. The van der Waals surface area contributed by atoms with Gasteiger partial charge in [0.05, 0.1) is 5.52 Å². The van der Waals surface area contributed by atoms with E-state index in [-0.39, 0.29) is 19.0 Å². The van der Waals surface area contributed by atoms with Crippen molar-refractivity contribution in [2.75, 3.05) is 6.79 Å². The first-order valence-corrected chi connectivity index (χ1v) is 8.83. The lowest BCUT2D eigenvalue weighted by Crippen LogP contribution is -2.35. The van der Waals surface area contributed by atoms with Gasteiger partial charge < -0.3 is 19.5 Å². The molecule has 4 rings (SSSR count).